The standard InChI is InChI=1S/C16H21N3O3S2/c1-2-3-7-17-15(20)11-5-4-6-12(8-11)18-16-19-13-9-24(21,22)10-14(13)23-16/h4-6,8,13-14H,2-3,7,9-10H2,1H3,(H,17,20)(H,18,19)/t13-,14-/m1/s1. The maximum Gasteiger partial charge on any atom is 0.251 e. The van der Waals surface area contributed by atoms with Crippen molar-refractivity contribution in [3.63, 3.8) is 0 Å². The van der Waals surface area contributed by atoms with Gasteiger partial charge in [0.15, 0.2) is 15.0 Å². The van der Waals surface area contributed by atoms with Gasteiger partial charge in [0.05, 0.1) is 17.5 Å². The van der Waals surface area contributed by atoms with Crippen LogP contribution in [-0.4, -0.2) is 48.8 Å². The van der Waals surface area contributed by atoms with Crippen LogP contribution >= 0.6 is 11.8 Å². The molecule has 0 spiro atoms. The molecule has 1 aromatic carbocycles. The number of nitrogens with zero attached hydrogens (tertiary/aromatic N) is 1. The highest BCUT2D eigenvalue weighted by Gasteiger charge is 2.42. The van der Waals surface area contributed by atoms with Crippen molar-refractivity contribution in [2.45, 2.75) is 31.1 Å². The van der Waals surface area contributed by atoms with Gasteiger partial charge in [0.25, 0.3) is 5.91 Å². The fraction of sp³-hybridized carbons (Fsp3) is 0.500. The number of benzene rings is 1. The van der Waals surface area contributed by atoms with Gasteiger partial charge in [-0.1, -0.05) is 31.2 Å². The van der Waals surface area contributed by atoms with Gasteiger partial charge in [0, 0.05) is 23.0 Å². The van der Waals surface area contributed by atoms with Crippen LogP contribution in [0, 0.1) is 0 Å². The number of aliphatic imine (C=N–C) groups is 1. The predicted octanol–water partition coefficient (Wildman–Crippen LogP) is 1.90. The Kier molecular flexibility index (Phi) is 5.15. The fourth-order valence-electron chi connectivity index (χ4n) is 2.76. The van der Waals surface area contributed by atoms with E-state index in [4.69, 9.17) is 0 Å². The lowest BCUT2D eigenvalue weighted by atomic mass is 10.2. The molecule has 2 heterocycles. The first kappa shape index (κ1) is 17.3. The minimum absolute atomic E-state index is 0.0121. The maximum atomic E-state index is 12.1. The summed E-state index contributed by atoms with van der Waals surface area (Å²) < 4.78 is 23.2. The van der Waals surface area contributed by atoms with Crippen LogP contribution in [0.2, 0.25) is 0 Å². The molecule has 24 heavy (non-hydrogen) atoms. The Bertz CT molecular complexity index is 762. The van der Waals surface area contributed by atoms with Crippen molar-refractivity contribution in [3.8, 4) is 0 Å². The smallest absolute Gasteiger partial charge is 0.251 e. The second-order valence-electron chi connectivity index (χ2n) is 6.05. The summed E-state index contributed by atoms with van der Waals surface area (Å²) in [6.45, 7) is 2.75. The third-order valence-electron chi connectivity index (χ3n) is 4.01. The highest BCUT2D eigenvalue weighted by atomic mass is 32.2. The van der Waals surface area contributed by atoms with Crippen LogP contribution < -0.4 is 10.6 Å². The third-order valence-corrected chi connectivity index (χ3v) is 7.15. The summed E-state index contributed by atoms with van der Waals surface area (Å²) in [5.41, 5.74) is 1.38. The number of carbonyl (C=O) groups is 1. The summed E-state index contributed by atoms with van der Waals surface area (Å²) in [6, 6.07) is 7.11. The second-order valence-corrected chi connectivity index (χ2v) is 9.43. The summed E-state index contributed by atoms with van der Waals surface area (Å²) in [4.78, 5) is 16.6. The number of amidine groups is 1. The van der Waals surface area contributed by atoms with Crippen LogP contribution in [0.5, 0.6) is 0 Å². The number of rotatable bonds is 5. The topological polar surface area (TPSA) is 87.6 Å². The van der Waals surface area contributed by atoms with Gasteiger partial charge in [-0.2, -0.15) is 0 Å². The molecule has 130 valence electrons. The molecule has 0 aromatic heterocycles. The highest BCUT2D eigenvalue weighted by Crippen LogP contribution is 2.34. The molecule has 2 aliphatic heterocycles. The normalized spacial score (nSPS) is 24.3. The zero-order valence-electron chi connectivity index (χ0n) is 13.5. The van der Waals surface area contributed by atoms with E-state index in [2.05, 4.69) is 22.5 Å². The van der Waals surface area contributed by atoms with Gasteiger partial charge >= 0.3 is 0 Å². The Labute approximate surface area is 146 Å². The van der Waals surface area contributed by atoms with Gasteiger partial charge in [-0.25, -0.2) is 8.42 Å². The number of nitrogens with one attached hydrogen (secondary N) is 2. The van der Waals surface area contributed by atoms with Gasteiger partial charge in [-0.15, -0.1) is 0 Å². The summed E-state index contributed by atoms with van der Waals surface area (Å²) >= 11 is 1.47. The zero-order valence-corrected chi connectivity index (χ0v) is 15.1. The van der Waals surface area contributed by atoms with E-state index in [1.165, 1.54) is 11.8 Å². The summed E-state index contributed by atoms with van der Waals surface area (Å²) in [7, 11) is -2.94. The van der Waals surface area contributed by atoms with Crippen LogP contribution in [0.4, 0.5) is 5.69 Å². The van der Waals surface area contributed by atoms with E-state index in [-0.39, 0.29) is 28.7 Å². The molecule has 2 aliphatic rings. The lowest BCUT2D eigenvalue weighted by Gasteiger charge is -2.09. The monoisotopic (exact) mass is 367 g/mol. The lowest BCUT2D eigenvalue weighted by Crippen LogP contribution is -2.24. The lowest BCUT2D eigenvalue weighted by molar-refractivity contribution is 0.0953. The number of carbonyl (C=O) groups excluding carboxylic acids is 1. The first-order valence-electron chi connectivity index (χ1n) is 8.07. The average Bonchev–Trinajstić information content (AvgIpc) is 3.00. The van der Waals surface area contributed by atoms with Crippen molar-refractivity contribution in [2.75, 3.05) is 23.4 Å². The minimum atomic E-state index is -2.94. The minimum Gasteiger partial charge on any atom is -0.352 e. The van der Waals surface area contributed by atoms with Crippen molar-refractivity contribution in [3.05, 3.63) is 29.8 Å². The quantitative estimate of drug-likeness (QED) is 0.776. The van der Waals surface area contributed by atoms with Gasteiger partial charge in [0.1, 0.15) is 0 Å². The number of fused-ring (bicyclic) bond motifs is 1. The van der Waals surface area contributed by atoms with Crippen LogP contribution in [0.1, 0.15) is 30.1 Å². The van der Waals surface area contributed by atoms with Gasteiger partial charge in [0.2, 0.25) is 0 Å². The number of anilines is 1. The molecule has 1 saturated heterocycles. The van der Waals surface area contributed by atoms with E-state index in [9.17, 15) is 13.2 Å². The van der Waals surface area contributed by atoms with Crippen LogP contribution in [0.15, 0.2) is 29.3 Å². The predicted molar refractivity (Wildman–Crippen MR) is 98.6 cm³/mol. The molecule has 1 aromatic rings. The molecule has 1 amide bonds. The molecule has 2 atom stereocenters. The fourth-order valence-corrected chi connectivity index (χ4v) is 6.43. The van der Waals surface area contributed by atoms with Gasteiger partial charge in [-0.05, 0) is 24.6 Å². The van der Waals surface area contributed by atoms with Gasteiger partial charge in [-0.3, -0.25) is 9.79 Å². The Morgan fingerprint density at radius 3 is 2.96 bits per heavy atom. The SMILES string of the molecule is CCCCNC(=O)c1cccc(NC2=N[C@@H]3CS(=O)(=O)C[C@H]3S2)c1. The molecular weight excluding hydrogens is 346 g/mol. The summed E-state index contributed by atoms with van der Waals surface area (Å²) in [5.74, 6) is 0.239. The molecule has 8 heteroatoms. The number of sulfone groups is 1. The van der Waals surface area contributed by atoms with Crippen molar-refractivity contribution >= 4 is 38.4 Å². The van der Waals surface area contributed by atoms with Crippen LogP contribution in [0.25, 0.3) is 0 Å². The van der Waals surface area contributed by atoms with Crippen molar-refractivity contribution in [1.29, 1.82) is 0 Å². The van der Waals surface area contributed by atoms with E-state index in [0.717, 1.165) is 23.7 Å². The Morgan fingerprint density at radius 2 is 2.21 bits per heavy atom. The Morgan fingerprint density at radius 1 is 1.38 bits per heavy atom. The molecule has 0 aliphatic carbocycles. The molecule has 0 saturated carbocycles. The first-order valence-corrected chi connectivity index (χ1v) is 10.8. The molecule has 0 unspecified atom stereocenters. The molecule has 0 bridgehead atoms. The van der Waals surface area contributed by atoms with Crippen LogP contribution in [0.3, 0.4) is 0 Å². The van der Waals surface area contributed by atoms with E-state index >= 15 is 0 Å². The Balaban J connectivity index is 1.63. The molecule has 1 fully saturated rings. The van der Waals surface area contributed by atoms with Crippen LogP contribution in [-0.2, 0) is 9.84 Å². The second kappa shape index (κ2) is 7.14. The number of amides is 1. The van der Waals surface area contributed by atoms with Crippen molar-refractivity contribution in [1.82, 2.24) is 5.32 Å². The van der Waals surface area contributed by atoms with E-state index in [1.807, 2.05) is 12.1 Å². The van der Waals surface area contributed by atoms with E-state index in [0.29, 0.717) is 12.1 Å². The number of thioether (sulfide) groups is 1. The van der Waals surface area contributed by atoms with Gasteiger partial charge < -0.3 is 10.6 Å². The molecule has 0 radical (unpaired) electrons. The first-order chi connectivity index (χ1) is 11.5. The zero-order chi connectivity index (χ0) is 17.2. The number of hydrogen-bond donors (Lipinski definition) is 2. The summed E-state index contributed by atoms with van der Waals surface area (Å²) in [5, 5.41) is 6.83. The maximum absolute atomic E-state index is 12.1. The van der Waals surface area contributed by atoms with Crippen molar-refractivity contribution in [2.24, 2.45) is 4.99 Å². The average molecular weight is 367 g/mol. The van der Waals surface area contributed by atoms with E-state index in [1.54, 1.807) is 12.1 Å². The number of unbranched alkanes of at least 4 members (excludes halogenated alkanes) is 1. The molecule has 6 nitrogen and oxygen atoms in total. The molecular formula is C16H21N3O3S2. The van der Waals surface area contributed by atoms with E-state index < -0.39 is 9.84 Å². The molecule has 3 rings (SSSR count). The molecule has 2 N–H and O–H groups in total. The third kappa shape index (κ3) is 4.10. The van der Waals surface area contributed by atoms with Crippen molar-refractivity contribution < 1.29 is 13.2 Å². The summed E-state index contributed by atoms with van der Waals surface area (Å²) in [6.07, 6.45) is 2.00. The Hall–Kier alpha value is -1.54. The highest BCUT2D eigenvalue weighted by molar-refractivity contribution is 8.15. The largest absolute Gasteiger partial charge is 0.352 e. The number of hydrogen-bond acceptors (Lipinski definition) is 6.